The van der Waals surface area contributed by atoms with Crippen molar-refractivity contribution >= 4 is 11.8 Å². The fraction of sp³-hybridized carbons (Fsp3) is 0.600. The maximum Gasteiger partial charge on any atom is 0.258 e. The largest absolute Gasteiger partial charge is 0.483 e. The molecule has 1 aromatic carbocycles. The van der Waals surface area contributed by atoms with Crippen LogP contribution in [0.5, 0.6) is 5.75 Å². The van der Waals surface area contributed by atoms with Gasteiger partial charge in [-0.1, -0.05) is 25.1 Å². The highest BCUT2D eigenvalue weighted by Crippen LogP contribution is 2.19. The van der Waals surface area contributed by atoms with Gasteiger partial charge in [0.05, 0.1) is 0 Å². The second-order valence-corrected chi connectivity index (χ2v) is 6.92. The number of carbonyl (C=O) groups is 2. The van der Waals surface area contributed by atoms with Crippen molar-refractivity contribution in [3.63, 3.8) is 0 Å². The molecule has 2 heterocycles. The Labute approximate surface area is 154 Å². The van der Waals surface area contributed by atoms with Crippen LogP contribution in [0.3, 0.4) is 0 Å². The average molecular weight is 360 g/mol. The minimum atomic E-state index is -0.256. The molecule has 1 atom stereocenters. The van der Waals surface area contributed by atoms with E-state index in [1.807, 2.05) is 29.2 Å². The van der Waals surface area contributed by atoms with Crippen molar-refractivity contribution in [3.8, 4) is 5.75 Å². The molecule has 6 nitrogen and oxygen atoms in total. The van der Waals surface area contributed by atoms with Gasteiger partial charge in [0.2, 0.25) is 0 Å². The topological polar surface area (TPSA) is 67.9 Å². The third-order valence-corrected chi connectivity index (χ3v) is 5.09. The minimum Gasteiger partial charge on any atom is -0.483 e. The van der Waals surface area contributed by atoms with Crippen molar-refractivity contribution < 1.29 is 19.1 Å². The van der Waals surface area contributed by atoms with Crippen LogP contribution in [0.1, 0.15) is 38.2 Å². The molecule has 2 amide bonds. The van der Waals surface area contributed by atoms with Crippen molar-refractivity contribution in [1.29, 1.82) is 0 Å². The van der Waals surface area contributed by atoms with E-state index in [1.165, 1.54) is 0 Å². The van der Waals surface area contributed by atoms with Crippen molar-refractivity contribution in [2.75, 3.05) is 26.3 Å². The van der Waals surface area contributed by atoms with Crippen LogP contribution in [-0.4, -0.2) is 55.2 Å². The van der Waals surface area contributed by atoms with Gasteiger partial charge in [0.25, 0.3) is 11.8 Å². The number of benzene rings is 1. The number of ether oxygens (including phenoxy) is 2. The van der Waals surface area contributed by atoms with E-state index < -0.39 is 0 Å². The molecule has 142 valence electrons. The summed E-state index contributed by atoms with van der Waals surface area (Å²) >= 11 is 0. The molecule has 2 aliphatic rings. The maximum absolute atomic E-state index is 12.3. The Hall–Kier alpha value is -2.08. The normalized spacial score (nSPS) is 20.8. The molecule has 2 saturated heterocycles. The van der Waals surface area contributed by atoms with E-state index in [2.05, 4.69) is 12.2 Å². The number of nitrogens with zero attached hydrogens (tertiary/aromatic N) is 1. The van der Waals surface area contributed by atoms with Crippen molar-refractivity contribution in [2.45, 2.75) is 51.2 Å². The number of hydrogen-bond donors (Lipinski definition) is 1. The molecular weight excluding hydrogens is 332 g/mol. The number of carbonyl (C=O) groups excluding carboxylic acids is 2. The monoisotopic (exact) mass is 360 g/mol. The standard InChI is InChI=1S/C20H28N2O4/c1-2-15-6-3-4-7-17(15)26-14-19(23)21-16-9-11-22(12-10-16)20(24)18-8-5-13-25-18/h3-4,6-7,16,18H,2,5,8-14H2,1H3,(H,21,23). The van der Waals surface area contributed by atoms with Crippen LogP contribution < -0.4 is 10.1 Å². The summed E-state index contributed by atoms with van der Waals surface area (Å²) in [6.07, 6.45) is 3.95. The van der Waals surface area contributed by atoms with Crippen LogP contribution in [-0.2, 0) is 20.7 Å². The number of likely N-dealkylation sites (tertiary alicyclic amines) is 1. The lowest BCUT2D eigenvalue weighted by Crippen LogP contribution is -2.49. The number of amides is 2. The first-order chi connectivity index (χ1) is 12.7. The Morgan fingerprint density at radius 1 is 1.23 bits per heavy atom. The molecule has 3 rings (SSSR count). The first-order valence-corrected chi connectivity index (χ1v) is 9.58. The van der Waals surface area contributed by atoms with Crippen LogP contribution in [0.2, 0.25) is 0 Å². The van der Waals surface area contributed by atoms with Crippen LogP contribution in [0.15, 0.2) is 24.3 Å². The Bertz CT molecular complexity index is 620. The van der Waals surface area contributed by atoms with E-state index in [0.717, 1.165) is 43.4 Å². The van der Waals surface area contributed by atoms with Gasteiger partial charge in [-0.15, -0.1) is 0 Å². The van der Waals surface area contributed by atoms with E-state index in [4.69, 9.17) is 9.47 Å². The van der Waals surface area contributed by atoms with E-state index in [0.29, 0.717) is 19.7 Å². The van der Waals surface area contributed by atoms with Gasteiger partial charge < -0.3 is 19.7 Å². The summed E-state index contributed by atoms with van der Waals surface area (Å²) in [4.78, 5) is 26.4. The molecule has 1 N–H and O–H groups in total. The molecule has 2 fully saturated rings. The Morgan fingerprint density at radius 2 is 2.00 bits per heavy atom. The van der Waals surface area contributed by atoms with Crippen LogP contribution in [0.4, 0.5) is 0 Å². The second kappa shape index (κ2) is 9.03. The summed E-state index contributed by atoms with van der Waals surface area (Å²) in [6.45, 7) is 4.11. The molecule has 1 unspecified atom stereocenters. The third kappa shape index (κ3) is 4.75. The van der Waals surface area contributed by atoms with E-state index >= 15 is 0 Å². The SMILES string of the molecule is CCc1ccccc1OCC(=O)NC1CCN(C(=O)C2CCCO2)CC1. The smallest absolute Gasteiger partial charge is 0.258 e. The highest BCUT2D eigenvalue weighted by molar-refractivity contribution is 5.81. The number of hydrogen-bond acceptors (Lipinski definition) is 4. The number of nitrogens with one attached hydrogen (secondary N) is 1. The molecule has 1 aromatic rings. The lowest BCUT2D eigenvalue weighted by Gasteiger charge is -2.33. The van der Waals surface area contributed by atoms with Crippen molar-refractivity contribution in [1.82, 2.24) is 10.2 Å². The summed E-state index contributed by atoms with van der Waals surface area (Å²) in [7, 11) is 0. The number of rotatable bonds is 6. The molecular formula is C20H28N2O4. The molecule has 0 aliphatic carbocycles. The van der Waals surface area contributed by atoms with Gasteiger partial charge in [0, 0.05) is 25.7 Å². The first kappa shape index (κ1) is 18.7. The van der Waals surface area contributed by atoms with Gasteiger partial charge in [-0.3, -0.25) is 9.59 Å². The summed E-state index contributed by atoms with van der Waals surface area (Å²) in [5.74, 6) is 0.758. The molecule has 26 heavy (non-hydrogen) atoms. The Balaban J connectivity index is 1.40. The molecule has 2 aliphatic heterocycles. The Morgan fingerprint density at radius 3 is 2.69 bits per heavy atom. The van der Waals surface area contributed by atoms with Crippen LogP contribution >= 0.6 is 0 Å². The first-order valence-electron chi connectivity index (χ1n) is 9.58. The lowest BCUT2D eigenvalue weighted by atomic mass is 10.0. The van der Waals surface area contributed by atoms with E-state index in [-0.39, 0.29) is 30.6 Å². The van der Waals surface area contributed by atoms with Gasteiger partial charge in [-0.2, -0.15) is 0 Å². The molecule has 0 radical (unpaired) electrons. The predicted molar refractivity (Wildman–Crippen MR) is 98.0 cm³/mol. The van der Waals surface area contributed by atoms with E-state index in [9.17, 15) is 9.59 Å². The zero-order valence-electron chi connectivity index (χ0n) is 15.4. The van der Waals surface area contributed by atoms with E-state index in [1.54, 1.807) is 0 Å². The van der Waals surface area contributed by atoms with Gasteiger partial charge in [0.1, 0.15) is 11.9 Å². The van der Waals surface area contributed by atoms with Crippen LogP contribution in [0, 0.1) is 0 Å². The fourth-order valence-electron chi connectivity index (χ4n) is 3.57. The zero-order chi connectivity index (χ0) is 18.4. The van der Waals surface area contributed by atoms with Crippen molar-refractivity contribution in [2.24, 2.45) is 0 Å². The molecule has 0 saturated carbocycles. The van der Waals surface area contributed by atoms with Gasteiger partial charge in [0.15, 0.2) is 6.61 Å². The van der Waals surface area contributed by atoms with Gasteiger partial charge >= 0.3 is 0 Å². The fourth-order valence-corrected chi connectivity index (χ4v) is 3.57. The number of piperidine rings is 1. The number of aryl methyl sites for hydroxylation is 1. The lowest BCUT2D eigenvalue weighted by molar-refractivity contribution is -0.142. The highest BCUT2D eigenvalue weighted by Gasteiger charge is 2.31. The molecule has 0 aromatic heterocycles. The summed E-state index contributed by atoms with van der Waals surface area (Å²) < 4.78 is 11.1. The highest BCUT2D eigenvalue weighted by atomic mass is 16.5. The maximum atomic E-state index is 12.3. The molecule has 0 bridgehead atoms. The third-order valence-electron chi connectivity index (χ3n) is 5.09. The molecule has 6 heteroatoms. The average Bonchev–Trinajstić information content (AvgIpc) is 3.21. The number of para-hydroxylation sites is 1. The van der Waals surface area contributed by atoms with Crippen LogP contribution in [0.25, 0.3) is 0 Å². The van der Waals surface area contributed by atoms with Gasteiger partial charge in [-0.05, 0) is 43.7 Å². The minimum absolute atomic E-state index is 0.0199. The quantitative estimate of drug-likeness (QED) is 0.842. The Kier molecular flexibility index (Phi) is 6.50. The summed E-state index contributed by atoms with van der Waals surface area (Å²) in [5.41, 5.74) is 1.10. The summed E-state index contributed by atoms with van der Waals surface area (Å²) in [5, 5.41) is 3.02. The predicted octanol–water partition coefficient (Wildman–Crippen LogP) is 1.91. The van der Waals surface area contributed by atoms with Crippen molar-refractivity contribution in [3.05, 3.63) is 29.8 Å². The second-order valence-electron chi connectivity index (χ2n) is 6.92. The van der Waals surface area contributed by atoms with Gasteiger partial charge in [-0.25, -0.2) is 0 Å². The summed E-state index contributed by atoms with van der Waals surface area (Å²) in [6, 6.07) is 7.88. The zero-order valence-corrected chi connectivity index (χ0v) is 15.4. The molecule has 0 spiro atoms.